The van der Waals surface area contributed by atoms with Crippen LogP contribution in [0.4, 0.5) is 11.8 Å². The lowest BCUT2D eigenvalue weighted by Gasteiger charge is -2.16. The lowest BCUT2D eigenvalue weighted by atomic mass is 10.0. The number of amides is 1. The molecule has 1 amide bonds. The second-order valence-electron chi connectivity index (χ2n) is 6.44. The molecular weight excluding hydrogens is 358 g/mol. The standard InChI is InChI=1S/C19H21N7O2/c1-11(2)26-15(28)9-8-13(25-26)16-17(12-6-4-3-5-7-12)23-19(21)24-18(16)22-10-14(20)27/h3-9,11H,10H2,1-2H3,(H2,20,27)(H3,21,22,23,24). The molecule has 3 aromatic rings. The zero-order valence-electron chi connectivity index (χ0n) is 15.6. The van der Waals surface area contributed by atoms with Crippen molar-refractivity contribution >= 4 is 17.7 Å². The van der Waals surface area contributed by atoms with Gasteiger partial charge in [-0.25, -0.2) is 9.67 Å². The number of nitrogens with zero attached hydrogens (tertiary/aromatic N) is 4. The molecule has 2 heterocycles. The summed E-state index contributed by atoms with van der Waals surface area (Å²) in [5.74, 6) is -0.206. The van der Waals surface area contributed by atoms with Gasteiger partial charge in [0.25, 0.3) is 5.56 Å². The molecule has 0 bridgehead atoms. The monoisotopic (exact) mass is 379 g/mol. The van der Waals surface area contributed by atoms with Crippen LogP contribution in [0.15, 0.2) is 47.3 Å². The summed E-state index contributed by atoms with van der Waals surface area (Å²) >= 11 is 0. The molecule has 9 heteroatoms. The number of benzene rings is 1. The van der Waals surface area contributed by atoms with Crippen LogP contribution in [0.1, 0.15) is 19.9 Å². The van der Waals surface area contributed by atoms with Gasteiger partial charge in [-0.1, -0.05) is 30.3 Å². The topological polar surface area (TPSA) is 142 Å². The van der Waals surface area contributed by atoms with Crippen molar-refractivity contribution in [2.45, 2.75) is 19.9 Å². The van der Waals surface area contributed by atoms with Gasteiger partial charge < -0.3 is 16.8 Å². The fraction of sp³-hybridized carbons (Fsp3) is 0.211. The average Bonchev–Trinajstić information content (AvgIpc) is 2.67. The Hall–Kier alpha value is -3.75. The van der Waals surface area contributed by atoms with Gasteiger partial charge in [-0.05, 0) is 19.9 Å². The van der Waals surface area contributed by atoms with Gasteiger partial charge in [0.15, 0.2) is 0 Å². The van der Waals surface area contributed by atoms with Crippen molar-refractivity contribution in [2.75, 3.05) is 17.6 Å². The third kappa shape index (κ3) is 3.98. The van der Waals surface area contributed by atoms with Crippen molar-refractivity contribution in [3.05, 3.63) is 52.8 Å². The van der Waals surface area contributed by atoms with Gasteiger partial charge in [0.2, 0.25) is 11.9 Å². The Bertz CT molecular complexity index is 1060. The molecule has 2 aromatic heterocycles. The number of hydrogen-bond donors (Lipinski definition) is 3. The molecule has 0 aliphatic rings. The van der Waals surface area contributed by atoms with E-state index in [9.17, 15) is 9.59 Å². The summed E-state index contributed by atoms with van der Waals surface area (Å²) in [6.45, 7) is 3.59. The van der Waals surface area contributed by atoms with Gasteiger partial charge in [-0.3, -0.25) is 9.59 Å². The Balaban J connectivity index is 2.29. The van der Waals surface area contributed by atoms with Crippen molar-refractivity contribution in [3.63, 3.8) is 0 Å². The molecule has 5 N–H and O–H groups in total. The highest BCUT2D eigenvalue weighted by Crippen LogP contribution is 2.34. The normalized spacial score (nSPS) is 10.8. The maximum Gasteiger partial charge on any atom is 0.267 e. The zero-order chi connectivity index (χ0) is 20.3. The first-order chi connectivity index (χ1) is 13.4. The van der Waals surface area contributed by atoms with Crippen LogP contribution in [0.5, 0.6) is 0 Å². The Labute approximate surface area is 161 Å². The molecule has 28 heavy (non-hydrogen) atoms. The lowest BCUT2D eigenvalue weighted by Crippen LogP contribution is -2.25. The number of primary amides is 1. The molecule has 9 nitrogen and oxygen atoms in total. The van der Waals surface area contributed by atoms with Crippen molar-refractivity contribution in [3.8, 4) is 22.5 Å². The number of carbonyl (C=O) groups is 1. The number of nitrogens with one attached hydrogen (secondary N) is 1. The van der Waals surface area contributed by atoms with Crippen molar-refractivity contribution in [1.82, 2.24) is 19.7 Å². The maximum absolute atomic E-state index is 12.1. The van der Waals surface area contributed by atoms with Gasteiger partial charge in [0.1, 0.15) is 5.82 Å². The molecule has 0 atom stereocenters. The third-order valence-electron chi connectivity index (χ3n) is 3.97. The molecule has 0 spiro atoms. The third-order valence-corrected chi connectivity index (χ3v) is 3.97. The summed E-state index contributed by atoms with van der Waals surface area (Å²) in [7, 11) is 0. The molecular formula is C19H21N7O2. The first-order valence-electron chi connectivity index (χ1n) is 8.72. The second-order valence-corrected chi connectivity index (χ2v) is 6.44. The molecule has 3 rings (SSSR count). The molecule has 0 aliphatic heterocycles. The van der Waals surface area contributed by atoms with E-state index in [2.05, 4.69) is 20.4 Å². The van der Waals surface area contributed by atoms with Crippen molar-refractivity contribution in [2.24, 2.45) is 5.73 Å². The maximum atomic E-state index is 12.1. The molecule has 1 aromatic carbocycles. The van der Waals surface area contributed by atoms with Crippen LogP contribution in [0, 0.1) is 0 Å². The number of hydrogen-bond acceptors (Lipinski definition) is 7. The van der Waals surface area contributed by atoms with Crippen LogP contribution in [0.3, 0.4) is 0 Å². The fourth-order valence-corrected chi connectivity index (χ4v) is 2.75. The highest BCUT2D eigenvalue weighted by Gasteiger charge is 2.20. The van der Waals surface area contributed by atoms with E-state index in [1.165, 1.54) is 10.7 Å². The van der Waals surface area contributed by atoms with Crippen LogP contribution in [0.25, 0.3) is 22.5 Å². The van der Waals surface area contributed by atoms with Gasteiger partial charge in [0, 0.05) is 11.6 Å². The summed E-state index contributed by atoms with van der Waals surface area (Å²) < 4.78 is 1.37. The van der Waals surface area contributed by atoms with Gasteiger partial charge in [0.05, 0.1) is 29.5 Å². The predicted octanol–water partition coefficient (Wildman–Crippen LogP) is 1.43. The van der Waals surface area contributed by atoms with Crippen LogP contribution < -0.4 is 22.3 Å². The molecule has 144 valence electrons. The minimum absolute atomic E-state index is 0.0340. The van der Waals surface area contributed by atoms with E-state index >= 15 is 0 Å². The number of anilines is 2. The molecule has 0 fully saturated rings. The predicted molar refractivity (Wildman–Crippen MR) is 107 cm³/mol. The lowest BCUT2D eigenvalue weighted by molar-refractivity contribution is -0.116. The quantitative estimate of drug-likeness (QED) is 0.588. The van der Waals surface area contributed by atoms with Crippen LogP contribution in [0.2, 0.25) is 0 Å². The highest BCUT2D eigenvalue weighted by atomic mass is 16.1. The first-order valence-corrected chi connectivity index (χ1v) is 8.72. The van der Waals surface area contributed by atoms with Crippen molar-refractivity contribution < 1.29 is 4.79 Å². The minimum Gasteiger partial charge on any atom is -0.368 e. The number of rotatable bonds is 6. The molecule has 0 radical (unpaired) electrons. The summed E-state index contributed by atoms with van der Waals surface area (Å²) in [4.78, 5) is 32.0. The highest BCUT2D eigenvalue weighted by molar-refractivity contribution is 5.89. The van der Waals surface area contributed by atoms with E-state index in [1.54, 1.807) is 6.07 Å². The fourth-order valence-electron chi connectivity index (χ4n) is 2.75. The Morgan fingerprint density at radius 1 is 1.14 bits per heavy atom. The molecule has 0 saturated heterocycles. The summed E-state index contributed by atoms with van der Waals surface area (Å²) in [5, 5.41) is 7.37. The smallest absolute Gasteiger partial charge is 0.267 e. The Morgan fingerprint density at radius 2 is 1.86 bits per heavy atom. The van der Waals surface area contributed by atoms with E-state index < -0.39 is 5.91 Å². The van der Waals surface area contributed by atoms with Gasteiger partial charge in [-0.2, -0.15) is 10.1 Å². The van der Waals surface area contributed by atoms with Gasteiger partial charge >= 0.3 is 0 Å². The minimum atomic E-state index is -0.551. The van der Waals surface area contributed by atoms with E-state index in [1.807, 2.05) is 44.2 Å². The summed E-state index contributed by atoms with van der Waals surface area (Å²) in [6.07, 6.45) is 0. The van der Waals surface area contributed by atoms with Crippen LogP contribution >= 0.6 is 0 Å². The van der Waals surface area contributed by atoms with Crippen LogP contribution in [-0.4, -0.2) is 32.2 Å². The second kappa shape index (κ2) is 7.87. The molecule has 0 aliphatic carbocycles. The van der Waals surface area contributed by atoms with Crippen molar-refractivity contribution in [1.29, 1.82) is 0 Å². The summed E-state index contributed by atoms with van der Waals surface area (Å²) in [6, 6.07) is 12.3. The number of nitrogens with two attached hydrogens (primary N) is 2. The number of aromatic nitrogens is 4. The summed E-state index contributed by atoms with van der Waals surface area (Å²) in [5.41, 5.74) is 13.3. The Kier molecular flexibility index (Phi) is 5.35. The van der Waals surface area contributed by atoms with Crippen LogP contribution in [-0.2, 0) is 4.79 Å². The largest absolute Gasteiger partial charge is 0.368 e. The number of nitrogen functional groups attached to an aromatic ring is 1. The molecule has 0 saturated carbocycles. The average molecular weight is 379 g/mol. The van der Waals surface area contributed by atoms with E-state index in [0.29, 0.717) is 22.8 Å². The van der Waals surface area contributed by atoms with E-state index in [0.717, 1.165) is 5.56 Å². The Morgan fingerprint density at radius 3 is 2.50 bits per heavy atom. The van der Waals surface area contributed by atoms with Gasteiger partial charge in [-0.15, -0.1) is 0 Å². The van der Waals surface area contributed by atoms with E-state index in [-0.39, 0.29) is 24.1 Å². The molecule has 0 unspecified atom stereocenters. The zero-order valence-corrected chi connectivity index (χ0v) is 15.6. The SMILES string of the molecule is CC(C)n1nc(-c2c(NCC(N)=O)nc(N)nc2-c2ccccc2)ccc1=O. The number of carbonyl (C=O) groups excluding carboxylic acids is 1. The van der Waals surface area contributed by atoms with E-state index in [4.69, 9.17) is 11.5 Å². The first kappa shape index (κ1) is 19.0.